The first-order valence-electron chi connectivity index (χ1n) is 13.7. The molecule has 38 heavy (non-hydrogen) atoms. The second-order valence-electron chi connectivity index (χ2n) is 11.0. The zero-order valence-electron chi connectivity index (χ0n) is 21.8. The van der Waals surface area contributed by atoms with Gasteiger partial charge in [0, 0.05) is 49.4 Å². The van der Waals surface area contributed by atoms with E-state index >= 15 is 0 Å². The maximum absolute atomic E-state index is 12.1. The number of ether oxygens (including phenoxy) is 3. The van der Waals surface area contributed by atoms with Gasteiger partial charge in [0.15, 0.2) is 0 Å². The van der Waals surface area contributed by atoms with Crippen LogP contribution in [0.15, 0.2) is 48.5 Å². The minimum atomic E-state index is -0.461. The second-order valence-corrected chi connectivity index (χ2v) is 11.0. The summed E-state index contributed by atoms with van der Waals surface area (Å²) in [6, 6.07) is 14.7. The topological polar surface area (TPSA) is 47.9 Å². The highest BCUT2D eigenvalue weighted by Crippen LogP contribution is 2.44. The van der Waals surface area contributed by atoms with Crippen molar-refractivity contribution in [3.05, 3.63) is 48.5 Å². The van der Waals surface area contributed by atoms with Crippen LogP contribution in [-0.4, -0.2) is 30.6 Å². The van der Waals surface area contributed by atoms with Gasteiger partial charge in [0.05, 0.1) is 12.2 Å². The van der Waals surface area contributed by atoms with Gasteiger partial charge in [-0.3, -0.25) is 0 Å². The molecule has 4 saturated carbocycles. The molecule has 4 nitrogen and oxygen atoms in total. The van der Waals surface area contributed by atoms with Crippen LogP contribution in [0.5, 0.6) is 23.0 Å². The number of fused-ring (bicyclic) bond motifs is 4. The van der Waals surface area contributed by atoms with Crippen LogP contribution in [0, 0.1) is 23.7 Å². The molecule has 212 valence electrons. The number of phenols is 1. The Morgan fingerprint density at radius 2 is 1.13 bits per heavy atom. The van der Waals surface area contributed by atoms with Crippen molar-refractivity contribution < 1.29 is 23.7 Å². The van der Waals surface area contributed by atoms with Gasteiger partial charge < -0.3 is 19.3 Å². The van der Waals surface area contributed by atoms with E-state index in [2.05, 4.69) is 37.2 Å². The van der Waals surface area contributed by atoms with Gasteiger partial charge in [-0.2, -0.15) is 0 Å². The van der Waals surface area contributed by atoms with Crippen LogP contribution in [0.25, 0.3) is 0 Å². The number of benzene rings is 2. The van der Waals surface area contributed by atoms with Crippen molar-refractivity contribution in [1.29, 1.82) is 0 Å². The fourth-order valence-corrected chi connectivity index (χ4v) is 6.82. The summed E-state index contributed by atoms with van der Waals surface area (Å²) in [6.07, 6.45) is 13.9. The molecule has 4 aliphatic carbocycles. The summed E-state index contributed by atoms with van der Waals surface area (Å²) >= 11 is 4.24. The van der Waals surface area contributed by atoms with E-state index in [9.17, 15) is 9.50 Å². The molecule has 8 heteroatoms. The quantitative estimate of drug-likeness (QED) is 0.282. The highest BCUT2D eigenvalue weighted by Gasteiger charge is 2.36. The molecule has 0 saturated heterocycles. The van der Waals surface area contributed by atoms with Gasteiger partial charge in [0.25, 0.3) is 0 Å². The number of hydrogen-bond donors (Lipinski definition) is 1. The number of rotatable bonds is 7. The van der Waals surface area contributed by atoms with E-state index in [-0.39, 0.29) is 36.3 Å². The van der Waals surface area contributed by atoms with Crippen molar-refractivity contribution in [2.75, 3.05) is 13.3 Å². The van der Waals surface area contributed by atoms with Crippen LogP contribution in [-0.2, 0) is 0 Å². The zero-order valence-corrected chi connectivity index (χ0v) is 28.4. The lowest BCUT2D eigenvalue weighted by molar-refractivity contribution is 0.118. The summed E-state index contributed by atoms with van der Waals surface area (Å²) in [5.74, 6) is 6.16. The molecule has 2 aromatic carbocycles. The fraction of sp³-hybridized carbons (Fsp3) is 0.600. The maximum Gasteiger partial charge on any atom is 0.123 e. The summed E-state index contributed by atoms with van der Waals surface area (Å²) < 4.78 is 29.4. The first kappa shape index (κ1) is 32.3. The van der Waals surface area contributed by atoms with Crippen LogP contribution in [0.1, 0.15) is 64.2 Å². The zero-order chi connectivity index (χ0) is 26.0. The Morgan fingerprint density at radius 3 is 1.61 bits per heavy atom. The molecule has 0 aliphatic heterocycles. The van der Waals surface area contributed by atoms with Gasteiger partial charge >= 0.3 is 0 Å². The molecule has 6 atom stereocenters. The summed E-state index contributed by atoms with van der Waals surface area (Å²) in [6.45, 7) is -0.353. The molecule has 0 heterocycles. The number of alkyl halides is 1. The highest BCUT2D eigenvalue weighted by atomic mass is 128. The van der Waals surface area contributed by atoms with E-state index in [0.717, 1.165) is 35.2 Å². The molecule has 4 fully saturated rings. The van der Waals surface area contributed by atoms with Gasteiger partial charge in [-0.15, -0.1) is 24.0 Å². The predicted octanol–water partition coefficient (Wildman–Crippen LogP) is 9.73. The lowest BCUT2D eigenvalue weighted by atomic mass is 9.87. The molecule has 1 N–H and O–H groups in total. The number of phenolic OH excluding ortho intramolecular Hbond substituents is 1. The third-order valence-corrected chi connectivity index (χ3v) is 8.26. The van der Waals surface area contributed by atoms with Crippen LogP contribution in [0.2, 0.25) is 0 Å². The molecule has 4 aliphatic rings. The standard InChI is InChI=1S/C16H21FO2.C14H18O2.I2.HI/c17-6-7-18-14-2-1-3-15(11-14)19-16-9-12-4-5-13(8-12)10-16;15-12-2-1-3-13(9-12)16-14-7-10-4-5-11(6-10)8-14;1-2;/h1-3,11-13,16H,4-10H2;1-3,9-11,14-15H,4-8H2;;1H/t12-,13+,16?;10-,11+,14?;;. The van der Waals surface area contributed by atoms with Gasteiger partial charge in [-0.05, 0) is 86.5 Å². The summed E-state index contributed by atoms with van der Waals surface area (Å²) in [5, 5.41) is 9.38. The SMILES string of the molecule is FCCOc1cccc(OC2C[C@H]3CC[C@@H](C2)C3)c1.I.II.Oc1cccc(OC2C[C@H]3CC[C@@H](C2)C3)c1. The van der Waals surface area contributed by atoms with Crippen LogP contribution in [0.4, 0.5) is 4.39 Å². The van der Waals surface area contributed by atoms with E-state index in [1.807, 2.05) is 36.4 Å². The van der Waals surface area contributed by atoms with Crippen molar-refractivity contribution in [2.45, 2.75) is 76.4 Å². The van der Waals surface area contributed by atoms with E-state index in [1.54, 1.807) is 12.1 Å². The average molecular weight is 864 g/mol. The van der Waals surface area contributed by atoms with Crippen molar-refractivity contribution in [3.8, 4) is 23.0 Å². The monoisotopic (exact) mass is 864 g/mol. The van der Waals surface area contributed by atoms with Crippen LogP contribution >= 0.6 is 61.2 Å². The van der Waals surface area contributed by atoms with Crippen molar-refractivity contribution in [3.63, 3.8) is 0 Å². The number of halogens is 4. The van der Waals surface area contributed by atoms with Crippen molar-refractivity contribution >= 4 is 61.2 Å². The fourth-order valence-electron chi connectivity index (χ4n) is 6.82. The molecule has 4 bridgehead atoms. The van der Waals surface area contributed by atoms with Gasteiger partial charge in [0.1, 0.15) is 36.3 Å². The summed E-state index contributed by atoms with van der Waals surface area (Å²) in [5.41, 5.74) is 0. The largest absolute Gasteiger partial charge is 0.508 e. The van der Waals surface area contributed by atoms with Crippen LogP contribution < -0.4 is 14.2 Å². The number of aromatic hydroxyl groups is 1. The first-order chi connectivity index (χ1) is 18.1. The molecular weight excluding hydrogens is 824 g/mol. The molecule has 0 aromatic heterocycles. The average Bonchev–Trinajstić information content (AvgIpc) is 3.43. The second kappa shape index (κ2) is 16.9. The smallest absolute Gasteiger partial charge is 0.123 e. The molecule has 2 unspecified atom stereocenters. The Morgan fingerprint density at radius 1 is 0.684 bits per heavy atom. The minimum Gasteiger partial charge on any atom is -0.508 e. The van der Waals surface area contributed by atoms with Gasteiger partial charge in [-0.25, -0.2) is 4.39 Å². The van der Waals surface area contributed by atoms with Gasteiger partial charge in [-0.1, -0.05) is 37.8 Å². The van der Waals surface area contributed by atoms with E-state index < -0.39 is 6.67 Å². The molecule has 0 spiro atoms. The third-order valence-electron chi connectivity index (χ3n) is 8.26. The lowest BCUT2D eigenvalue weighted by Crippen LogP contribution is -2.26. The highest BCUT2D eigenvalue weighted by molar-refractivity contribution is 15.0. The van der Waals surface area contributed by atoms with Crippen LogP contribution in [0.3, 0.4) is 0 Å². The Kier molecular flexibility index (Phi) is 14.3. The minimum absolute atomic E-state index is 0. The maximum atomic E-state index is 12.1. The van der Waals surface area contributed by atoms with Crippen molar-refractivity contribution in [2.24, 2.45) is 23.7 Å². The van der Waals surface area contributed by atoms with E-state index in [1.165, 1.54) is 64.2 Å². The van der Waals surface area contributed by atoms with Gasteiger partial charge in [0.2, 0.25) is 0 Å². The number of hydrogen-bond acceptors (Lipinski definition) is 4. The Bertz CT molecular complexity index is 941. The predicted molar refractivity (Wildman–Crippen MR) is 178 cm³/mol. The van der Waals surface area contributed by atoms with E-state index in [0.29, 0.717) is 18.0 Å². The Labute approximate surface area is 267 Å². The molecule has 0 amide bonds. The Balaban J connectivity index is 0.000000195. The summed E-state index contributed by atoms with van der Waals surface area (Å²) in [7, 11) is 0. The normalized spacial score (nSPS) is 28.5. The van der Waals surface area contributed by atoms with E-state index in [4.69, 9.17) is 14.2 Å². The Hall–Kier alpha value is -0.240. The van der Waals surface area contributed by atoms with Crippen molar-refractivity contribution in [1.82, 2.24) is 0 Å². The summed E-state index contributed by atoms with van der Waals surface area (Å²) in [4.78, 5) is 0. The molecular formula is C30H40FI3O4. The molecule has 0 radical (unpaired) electrons. The first-order valence-corrected chi connectivity index (χ1v) is 20.0. The molecule has 2 aromatic rings. The third kappa shape index (κ3) is 9.99. The molecule has 6 rings (SSSR count). The lowest BCUT2D eigenvalue weighted by Gasteiger charge is -2.28.